The molecule has 2 aromatic heterocycles. The van der Waals surface area contributed by atoms with Crippen LogP contribution in [0.3, 0.4) is 0 Å². The third-order valence-electron chi connectivity index (χ3n) is 2.26. The molecule has 2 aromatic rings. The number of rotatable bonds is 3. The molecular weight excluding hydrogens is 325 g/mol. The zero-order valence-corrected chi connectivity index (χ0v) is 12.1. The van der Waals surface area contributed by atoms with Crippen molar-refractivity contribution in [3.63, 3.8) is 0 Å². The van der Waals surface area contributed by atoms with Gasteiger partial charge in [0, 0.05) is 6.20 Å². The molecule has 0 fully saturated rings. The van der Waals surface area contributed by atoms with E-state index in [1.807, 2.05) is 19.2 Å². The average Bonchev–Trinajstić information content (AvgIpc) is 2.96. The molecule has 0 spiro atoms. The lowest BCUT2D eigenvalue weighted by atomic mass is 10.3. The van der Waals surface area contributed by atoms with Gasteiger partial charge in [0.1, 0.15) is 5.69 Å². The van der Waals surface area contributed by atoms with Gasteiger partial charge in [0.25, 0.3) is 0 Å². The maximum atomic E-state index is 10.6. The number of carbonyl (C=O) groups is 1. The van der Waals surface area contributed by atoms with Crippen molar-refractivity contribution in [2.24, 2.45) is 0 Å². The van der Waals surface area contributed by atoms with Gasteiger partial charge in [0.15, 0.2) is 5.13 Å². The first-order valence-corrected chi connectivity index (χ1v) is 6.64. The number of halogens is 3. The molecule has 7 nitrogen and oxygen atoms in total. The van der Waals surface area contributed by atoms with Gasteiger partial charge in [-0.1, -0.05) is 11.3 Å². The van der Waals surface area contributed by atoms with Gasteiger partial charge in [-0.15, -0.1) is 0 Å². The highest BCUT2D eigenvalue weighted by atomic mass is 32.1. The molecule has 0 aliphatic rings. The van der Waals surface area contributed by atoms with Gasteiger partial charge in [-0.2, -0.15) is 18.3 Å². The Balaban J connectivity index is 0.000000295. The summed E-state index contributed by atoms with van der Waals surface area (Å²) in [6, 6.07) is 1.90. The van der Waals surface area contributed by atoms with E-state index in [0.717, 1.165) is 16.3 Å². The molecule has 0 atom stereocenters. The summed E-state index contributed by atoms with van der Waals surface area (Å²) in [5.41, 5.74) is 7.37. The molecule has 0 bridgehead atoms. The molecule has 0 aliphatic heterocycles. The number of alkyl halides is 3. The fourth-order valence-electron chi connectivity index (χ4n) is 1.36. The van der Waals surface area contributed by atoms with E-state index >= 15 is 0 Å². The summed E-state index contributed by atoms with van der Waals surface area (Å²) in [5.74, 6) is -2.76. The smallest absolute Gasteiger partial charge is 0.475 e. The number of nitrogen functional groups attached to an aromatic ring is 1. The van der Waals surface area contributed by atoms with E-state index in [1.165, 1.54) is 11.3 Å². The molecule has 0 radical (unpaired) electrons. The summed E-state index contributed by atoms with van der Waals surface area (Å²) < 4.78 is 33.4. The molecule has 0 saturated carbocycles. The number of anilines is 1. The Morgan fingerprint density at radius 3 is 2.50 bits per heavy atom. The van der Waals surface area contributed by atoms with Crippen molar-refractivity contribution in [3.8, 4) is 10.6 Å². The molecule has 0 amide bonds. The van der Waals surface area contributed by atoms with Crippen LogP contribution in [-0.2, 0) is 11.3 Å². The van der Waals surface area contributed by atoms with Crippen LogP contribution in [0, 0.1) is 6.92 Å². The fourth-order valence-corrected chi connectivity index (χ4v) is 2.16. The van der Waals surface area contributed by atoms with Crippen LogP contribution >= 0.6 is 11.3 Å². The molecule has 0 aromatic carbocycles. The minimum atomic E-state index is -5.08. The summed E-state index contributed by atoms with van der Waals surface area (Å²) >= 11 is 1.43. The highest BCUT2D eigenvalue weighted by Crippen LogP contribution is 2.29. The maximum Gasteiger partial charge on any atom is 0.490 e. The molecule has 122 valence electrons. The van der Waals surface area contributed by atoms with Gasteiger partial charge in [-0.05, 0) is 13.0 Å². The predicted molar refractivity (Wildman–Crippen MR) is 73.3 cm³/mol. The highest BCUT2D eigenvalue weighted by Gasteiger charge is 2.38. The van der Waals surface area contributed by atoms with Gasteiger partial charge in [-0.25, -0.2) is 9.78 Å². The number of hydrogen-bond donors (Lipinski definition) is 3. The Morgan fingerprint density at radius 2 is 2.09 bits per heavy atom. The number of aliphatic hydroxyl groups excluding tert-OH is 1. The topological polar surface area (TPSA) is 114 Å². The monoisotopic (exact) mass is 338 g/mol. The number of aryl methyl sites for hydroxylation is 1. The molecule has 2 rings (SSSR count). The van der Waals surface area contributed by atoms with E-state index in [2.05, 4.69) is 10.1 Å². The van der Waals surface area contributed by atoms with Crippen LogP contribution in [0.25, 0.3) is 10.6 Å². The Kier molecular flexibility index (Phi) is 5.88. The van der Waals surface area contributed by atoms with Gasteiger partial charge < -0.3 is 15.9 Å². The van der Waals surface area contributed by atoms with Crippen LogP contribution < -0.4 is 5.73 Å². The maximum absolute atomic E-state index is 10.6. The van der Waals surface area contributed by atoms with Gasteiger partial charge in [0.05, 0.1) is 23.7 Å². The number of carboxylic acids is 1. The Morgan fingerprint density at radius 1 is 1.50 bits per heavy atom. The molecule has 0 saturated heterocycles. The summed E-state index contributed by atoms with van der Waals surface area (Å²) in [6.45, 7) is 2.51. The summed E-state index contributed by atoms with van der Waals surface area (Å²) in [5, 5.41) is 20.8. The second-order valence-electron chi connectivity index (χ2n) is 3.96. The molecule has 4 N–H and O–H groups in total. The number of thiazole rings is 1. The van der Waals surface area contributed by atoms with E-state index < -0.39 is 12.1 Å². The van der Waals surface area contributed by atoms with E-state index in [1.54, 1.807) is 4.68 Å². The normalized spacial score (nSPS) is 11.0. The van der Waals surface area contributed by atoms with Crippen molar-refractivity contribution in [1.29, 1.82) is 0 Å². The third-order valence-corrected chi connectivity index (χ3v) is 3.27. The number of aliphatic hydroxyl groups is 1. The first-order valence-electron chi connectivity index (χ1n) is 5.83. The summed E-state index contributed by atoms with van der Waals surface area (Å²) in [6.07, 6.45) is -3.25. The van der Waals surface area contributed by atoms with Crippen LogP contribution in [0.1, 0.15) is 5.69 Å². The number of nitrogens with two attached hydrogens (primary N) is 1. The molecule has 0 aliphatic carbocycles. The molecule has 0 unspecified atom stereocenters. The number of aliphatic carboxylic acids is 1. The van der Waals surface area contributed by atoms with Crippen LogP contribution in [0.5, 0.6) is 0 Å². The van der Waals surface area contributed by atoms with Crippen LogP contribution in [0.2, 0.25) is 0 Å². The molecule has 11 heteroatoms. The molecule has 22 heavy (non-hydrogen) atoms. The standard InChI is InChI=1S/C9H12N4OS.C2HF3O2/c1-6-8(15-9(10)11-6)7-2-3-13(12-7)4-5-14;3-2(4,5)1(6)7/h2-3,14H,4-5H2,1H3,(H2,10,11);(H,6,7). The summed E-state index contributed by atoms with van der Waals surface area (Å²) in [7, 11) is 0. The second-order valence-corrected chi connectivity index (χ2v) is 4.99. The van der Waals surface area contributed by atoms with Gasteiger partial charge in [0.2, 0.25) is 0 Å². The van der Waals surface area contributed by atoms with Crippen LogP contribution in [0.15, 0.2) is 12.3 Å². The van der Waals surface area contributed by atoms with Crippen molar-refractivity contribution in [1.82, 2.24) is 14.8 Å². The molecule has 2 heterocycles. The minimum absolute atomic E-state index is 0.0882. The second kappa shape index (κ2) is 7.22. The lowest BCUT2D eigenvalue weighted by Gasteiger charge is -1.95. The van der Waals surface area contributed by atoms with E-state index in [-0.39, 0.29) is 6.61 Å². The number of carboxylic acid groups (broad SMARTS) is 1. The summed E-state index contributed by atoms with van der Waals surface area (Å²) in [4.78, 5) is 14.0. The fraction of sp³-hybridized carbons (Fsp3) is 0.364. The van der Waals surface area contributed by atoms with Crippen LogP contribution in [-0.4, -0.2) is 43.7 Å². The molecular formula is C11H13F3N4O3S. The van der Waals surface area contributed by atoms with Crippen molar-refractivity contribution >= 4 is 22.4 Å². The minimum Gasteiger partial charge on any atom is -0.475 e. The van der Waals surface area contributed by atoms with Crippen molar-refractivity contribution in [2.45, 2.75) is 19.6 Å². The van der Waals surface area contributed by atoms with Crippen molar-refractivity contribution in [3.05, 3.63) is 18.0 Å². The zero-order valence-electron chi connectivity index (χ0n) is 11.3. The van der Waals surface area contributed by atoms with Crippen LogP contribution in [0.4, 0.5) is 18.3 Å². The quantitative estimate of drug-likeness (QED) is 0.782. The largest absolute Gasteiger partial charge is 0.490 e. The Bertz CT molecular complexity index is 639. The zero-order chi connectivity index (χ0) is 16.9. The Hall–Kier alpha value is -2.14. The van der Waals surface area contributed by atoms with Gasteiger partial charge in [-0.3, -0.25) is 4.68 Å². The van der Waals surface area contributed by atoms with E-state index in [4.69, 9.17) is 20.7 Å². The van der Waals surface area contributed by atoms with E-state index in [9.17, 15) is 13.2 Å². The first kappa shape index (κ1) is 17.9. The van der Waals surface area contributed by atoms with Crippen molar-refractivity contribution < 1.29 is 28.2 Å². The van der Waals surface area contributed by atoms with Gasteiger partial charge >= 0.3 is 12.1 Å². The van der Waals surface area contributed by atoms with Crippen molar-refractivity contribution in [2.75, 3.05) is 12.3 Å². The number of nitrogens with zero attached hydrogens (tertiary/aromatic N) is 3. The third kappa shape index (κ3) is 5.00. The SMILES string of the molecule is Cc1nc(N)sc1-c1ccn(CCO)n1.O=C(O)C(F)(F)F. The lowest BCUT2D eigenvalue weighted by molar-refractivity contribution is -0.192. The lowest BCUT2D eigenvalue weighted by Crippen LogP contribution is -2.21. The predicted octanol–water partition coefficient (Wildman–Crippen LogP) is 1.52. The number of hydrogen-bond acceptors (Lipinski definition) is 6. The average molecular weight is 338 g/mol. The Labute approximate surface area is 126 Å². The number of aromatic nitrogens is 3. The first-order chi connectivity index (χ1) is 10.1. The highest BCUT2D eigenvalue weighted by molar-refractivity contribution is 7.18. The van der Waals surface area contributed by atoms with E-state index in [0.29, 0.717) is 11.7 Å².